The summed E-state index contributed by atoms with van der Waals surface area (Å²) in [6.45, 7) is 2.95. The highest BCUT2D eigenvalue weighted by Gasteiger charge is 2.24. The van der Waals surface area contributed by atoms with Crippen LogP contribution in [0.15, 0.2) is 48.5 Å². The zero-order valence-electron chi connectivity index (χ0n) is 12.1. The minimum Gasteiger partial charge on any atom is -0.383 e. The fraction of sp³-hybridized carbons (Fsp3) is 0.176. The number of fused-ring (bicyclic) bond motifs is 3. The number of nitrogens with zero attached hydrogens (tertiary/aromatic N) is 3. The Balaban J connectivity index is 2.00. The predicted molar refractivity (Wildman–Crippen MR) is 88.7 cm³/mol. The van der Waals surface area contributed by atoms with E-state index in [-0.39, 0.29) is 5.92 Å². The summed E-state index contributed by atoms with van der Waals surface area (Å²) in [4.78, 5) is 0. The van der Waals surface area contributed by atoms with E-state index in [1.54, 1.807) is 0 Å². The summed E-state index contributed by atoms with van der Waals surface area (Å²) in [5, 5.41) is 13.0. The van der Waals surface area contributed by atoms with Gasteiger partial charge in [0.25, 0.3) is 0 Å². The van der Waals surface area contributed by atoms with Crippen molar-refractivity contribution in [2.75, 3.05) is 11.9 Å². The van der Waals surface area contributed by atoms with Crippen molar-refractivity contribution in [3.63, 3.8) is 0 Å². The first-order chi connectivity index (χ1) is 10.7. The van der Waals surface area contributed by atoms with E-state index >= 15 is 0 Å². The third kappa shape index (κ3) is 2.07. The van der Waals surface area contributed by atoms with Crippen molar-refractivity contribution in [1.29, 1.82) is 0 Å². The molecule has 3 aromatic rings. The number of hydrogen-bond acceptors (Lipinski definition) is 3. The van der Waals surface area contributed by atoms with E-state index in [0.29, 0.717) is 0 Å². The molecule has 1 N–H and O–H groups in total. The predicted octanol–water partition coefficient (Wildman–Crippen LogP) is 4.12. The molecular weight excluding hydrogens is 296 g/mol. The van der Waals surface area contributed by atoms with Crippen LogP contribution in [0.5, 0.6) is 0 Å². The first-order valence-electron chi connectivity index (χ1n) is 7.28. The highest BCUT2D eigenvalue weighted by Crippen LogP contribution is 2.34. The van der Waals surface area contributed by atoms with Gasteiger partial charge in [-0.2, -0.15) is 0 Å². The van der Waals surface area contributed by atoms with Crippen LogP contribution in [-0.2, 0) is 0 Å². The Kier molecular flexibility index (Phi) is 3.12. The number of halogens is 1. The van der Waals surface area contributed by atoms with E-state index < -0.39 is 0 Å². The zero-order chi connectivity index (χ0) is 15.1. The fourth-order valence-electron chi connectivity index (χ4n) is 2.83. The van der Waals surface area contributed by atoms with Gasteiger partial charge in [-0.05, 0) is 18.2 Å². The maximum Gasteiger partial charge on any atom is 0.168 e. The van der Waals surface area contributed by atoms with Gasteiger partial charge in [0.1, 0.15) is 5.82 Å². The minimum atomic E-state index is 0.260. The average molecular weight is 311 g/mol. The van der Waals surface area contributed by atoms with Crippen molar-refractivity contribution in [3.8, 4) is 17.1 Å². The monoisotopic (exact) mass is 310 g/mol. The molecule has 0 amide bonds. The van der Waals surface area contributed by atoms with Crippen LogP contribution in [0.3, 0.4) is 0 Å². The second-order valence-electron chi connectivity index (χ2n) is 5.53. The molecule has 0 bridgehead atoms. The smallest absolute Gasteiger partial charge is 0.168 e. The highest BCUT2D eigenvalue weighted by atomic mass is 35.5. The quantitative estimate of drug-likeness (QED) is 0.735. The second kappa shape index (κ2) is 5.14. The fourth-order valence-corrected chi connectivity index (χ4v) is 3.00. The molecule has 0 saturated carbocycles. The standard InChI is InChI=1S/C17H15ClN4/c1-11-10-19-14-9-13(18)7-8-15(14)22-16(11)20-21-17(22)12-5-3-2-4-6-12/h2-9,11,19H,10H2,1H3. The molecule has 0 aliphatic carbocycles. The lowest BCUT2D eigenvalue weighted by atomic mass is 10.1. The molecule has 22 heavy (non-hydrogen) atoms. The van der Waals surface area contributed by atoms with Crippen LogP contribution in [0.4, 0.5) is 5.69 Å². The highest BCUT2D eigenvalue weighted by molar-refractivity contribution is 6.31. The van der Waals surface area contributed by atoms with Crippen LogP contribution in [0, 0.1) is 0 Å². The molecule has 2 heterocycles. The molecule has 1 aliphatic rings. The molecule has 1 aromatic heterocycles. The molecular formula is C17H15ClN4. The largest absolute Gasteiger partial charge is 0.383 e. The lowest BCUT2D eigenvalue weighted by Gasteiger charge is -2.12. The Labute approximate surface area is 133 Å². The molecule has 2 aromatic carbocycles. The molecule has 5 heteroatoms. The van der Waals surface area contributed by atoms with Gasteiger partial charge in [0.15, 0.2) is 5.82 Å². The van der Waals surface area contributed by atoms with Crippen molar-refractivity contribution in [1.82, 2.24) is 14.8 Å². The third-order valence-corrected chi connectivity index (χ3v) is 4.19. The van der Waals surface area contributed by atoms with Gasteiger partial charge in [0, 0.05) is 23.0 Å². The molecule has 0 spiro atoms. The molecule has 110 valence electrons. The van der Waals surface area contributed by atoms with Crippen molar-refractivity contribution in [2.24, 2.45) is 0 Å². The topological polar surface area (TPSA) is 42.7 Å². The van der Waals surface area contributed by atoms with Crippen LogP contribution < -0.4 is 5.32 Å². The molecule has 1 atom stereocenters. The molecule has 1 unspecified atom stereocenters. The van der Waals surface area contributed by atoms with Gasteiger partial charge in [0.05, 0.1) is 11.4 Å². The Morgan fingerprint density at radius 3 is 2.77 bits per heavy atom. The van der Waals surface area contributed by atoms with Crippen LogP contribution in [0.1, 0.15) is 18.7 Å². The number of benzene rings is 2. The number of anilines is 1. The first kappa shape index (κ1) is 13.3. The van der Waals surface area contributed by atoms with E-state index in [1.807, 2.05) is 36.4 Å². The lowest BCUT2D eigenvalue weighted by molar-refractivity contribution is 0.725. The van der Waals surface area contributed by atoms with Crippen LogP contribution in [-0.4, -0.2) is 21.3 Å². The summed E-state index contributed by atoms with van der Waals surface area (Å²) in [7, 11) is 0. The SMILES string of the molecule is CC1CNc2cc(Cl)ccc2-n2c(-c3ccccc3)nnc21. The van der Waals surface area contributed by atoms with Gasteiger partial charge in [-0.15, -0.1) is 10.2 Å². The Bertz CT molecular complexity index is 826. The van der Waals surface area contributed by atoms with Crippen molar-refractivity contribution in [2.45, 2.75) is 12.8 Å². The average Bonchev–Trinajstić information content (AvgIpc) is 2.93. The third-order valence-electron chi connectivity index (χ3n) is 3.96. The first-order valence-corrected chi connectivity index (χ1v) is 7.66. The summed E-state index contributed by atoms with van der Waals surface area (Å²) < 4.78 is 2.13. The molecule has 4 rings (SSSR count). The van der Waals surface area contributed by atoms with Crippen molar-refractivity contribution < 1.29 is 0 Å². The Morgan fingerprint density at radius 2 is 1.95 bits per heavy atom. The molecule has 1 aliphatic heterocycles. The lowest BCUT2D eigenvalue weighted by Crippen LogP contribution is -2.09. The molecule has 0 saturated heterocycles. The molecule has 0 radical (unpaired) electrons. The van der Waals surface area contributed by atoms with Crippen molar-refractivity contribution >= 4 is 17.3 Å². The van der Waals surface area contributed by atoms with Crippen LogP contribution in [0.25, 0.3) is 17.1 Å². The maximum absolute atomic E-state index is 6.14. The van der Waals surface area contributed by atoms with Gasteiger partial charge in [-0.3, -0.25) is 4.57 Å². The second-order valence-corrected chi connectivity index (χ2v) is 5.96. The van der Waals surface area contributed by atoms with Gasteiger partial charge < -0.3 is 5.32 Å². The minimum absolute atomic E-state index is 0.260. The summed E-state index contributed by atoms with van der Waals surface area (Å²) >= 11 is 6.14. The van der Waals surface area contributed by atoms with Crippen LogP contribution >= 0.6 is 11.6 Å². The van der Waals surface area contributed by atoms with Crippen molar-refractivity contribution in [3.05, 3.63) is 59.4 Å². The van der Waals surface area contributed by atoms with Gasteiger partial charge in [-0.1, -0.05) is 48.9 Å². The molecule has 4 nitrogen and oxygen atoms in total. The van der Waals surface area contributed by atoms with E-state index in [4.69, 9.17) is 11.6 Å². The van der Waals surface area contributed by atoms with Gasteiger partial charge in [-0.25, -0.2) is 0 Å². The summed E-state index contributed by atoms with van der Waals surface area (Å²) in [6.07, 6.45) is 0. The van der Waals surface area contributed by atoms with E-state index in [0.717, 1.165) is 40.2 Å². The summed E-state index contributed by atoms with van der Waals surface area (Å²) in [6, 6.07) is 16.0. The van der Waals surface area contributed by atoms with Crippen LogP contribution in [0.2, 0.25) is 5.02 Å². The Hall–Kier alpha value is -2.33. The summed E-state index contributed by atoms with van der Waals surface area (Å²) in [5.41, 5.74) is 3.10. The maximum atomic E-state index is 6.14. The van der Waals surface area contributed by atoms with E-state index in [1.165, 1.54) is 0 Å². The van der Waals surface area contributed by atoms with Gasteiger partial charge in [0.2, 0.25) is 0 Å². The normalized spacial score (nSPS) is 16.4. The van der Waals surface area contributed by atoms with E-state index in [9.17, 15) is 0 Å². The van der Waals surface area contributed by atoms with E-state index in [2.05, 4.69) is 39.1 Å². The summed E-state index contributed by atoms with van der Waals surface area (Å²) in [5.74, 6) is 2.08. The number of aromatic nitrogens is 3. The molecule has 0 fully saturated rings. The number of rotatable bonds is 1. The number of nitrogens with one attached hydrogen (secondary N) is 1. The zero-order valence-corrected chi connectivity index (χ0v) is 12.9. The number of hydrogen-bond donors (Lipinski definition) is 1. The van der Waals surface area contributed by atoms with Gasteiger partial charge >= 0.3 is 0 Å². The Morgan fingerprint density at radius 1 is 1.14 bits per heavy atom.